The number of hydrogen-bond donors (Lipinski definition) is 0. The molecule has 2 atom stereocenters. The van der Waals surface area contributed by atoms with Gasteiger partial charge in [-0.3, -0.25) is 0 Å². The van der Waals surface area contributed by atoms with Crippen molar-refractivity contribution >= 4 is 0 Å². The highest BCUT2D eigenvalue weighted by molar-refractivity contribution is 5.44. The minimum atomic E-state index is -0.943. The molecule has 0 radical (unpaired) electrons. The lowest BCUT2D eigenvalue weighted by Crippen LogP contribution is -2.40. The van der Waals surface area contributed by atoms with Gasteiger partial charge in [0.1, 0.15) is 5.76 Å². The Morgan fingerprint density at radius 2 is 1.76 bits per heavy atom. The van der Waals surface area contributed by atoms with E-state index in [1.165, 1.54) is 0 Å². The third kappa shape index (κ3) is 2.26. The van der Waals surface area contributed by atoms with Gasteiger partial charge in [-0.2, -0.15) is 5.26 Å². The van der Waals surface area contributed by atoms with Crippen molar-refractivity contribution in [2.24, 2.45) is 5.92 Å². The summed E-state index contributed by atoms with van der Waals surface area (Å²) in [6.45, 7) is 5.71. The van der Waals surface area contributed by atoms with Gasteiger partial charge in [-0.1, -0.05) is 43.3 Å². The van der Waals surface area contributed by atoms with Gasteiger partial charge < -0.3 is 9.47 Å². The van der Waals surface area contributed by atoms with Crippen LogP contribution in [0.3, 0.4) is 0 Å². The van der Waals surface area contributed by atoms with E-state index in [1.54, 1.807) is 6.26 Å². The number of benzene rings is 1. The van der Waals surface area contributed by atoms with Gasteiger partial charge in [0.15, 0.2) is 5.60 Å². The minimum Gasteiger partial charge on any atom is -0.411 e. The summed E-state index contributed by atoms with van der Waals surface area (Å²) in [4.78, 5) is 0. The SMILES string of the molecule is CC1=CC(C)=C(OC#N)C(C)C1(OC#N)c1ccccc1. The Kier molecular flexibility index (Phi) is 4.00. The second-order valence-corrected chi connectivity index (χ2v) is 5.08. The molecule has 0 aromatic heterocycles. The highest BCUT2D eigenvalue weighted by Crippen LogP contribution is 2.47. The van der Waals surface area contributed by atoms with Crippen LogP contribution in [0.4, 0.5) is 0 Å². The van der Waals surface area contributed by atoms with Crippen molar-refractivity contribution in [2.45, 2.75) is 26.4 Å². The van der Waals surface area contributed by atoms with Crippen molar-refractivity contribution in [3.8, 4) is 12.5 Å². The molecule has 0 heterocycles. The van der Waals surface area contributed by atoms with E-state index in [0.717, 1.165) is 16.7 Å². The zero-order chi connectivity index (χ0) is 15.5. The molecule has 2 unspecified atom stereocenters. The quantitative estimate of drug-likeness (QED) is 0.791. The monoisotopic (exact) mass is 280 g/mol. The molecule has 0 saturated carbocycles. The molecule has 0 fully saturated rings. The molecule has 0 spiro atoms. The summed E-state index contributed by atoms with van der Waals surface area (Å²) in [6, 6.07) is 9.52. The van der Waals surface area contributed by atoms with Crippen LogP contribution in [0, 0.1) is 29.0 Å². The maximum Gasteiger partial charge on any atom is 0.291 e. The predicted octanol–water partition coefficient (Wildman–Crippen LogP) is 3.75. The third-order valence-electron chi connectivity index (χ3n) is 3.98. The van der Waals surface area contributed by atoms with Crippen molar-refractivity contribution in [3.63, 3.8) is 0 Å². The van der Waals surface area contributed by atoms with Crippen LogP contribution >= 0.6 is 0 Å². The molecule has 2 rings (SSSR count). The summed E-state index contributed by atoms with van der Waals surface area (Å²) in [5.41, 5.74) is 1.70. The number of hydrogen-bond acceptors (Lipinski definition) is 4. The number of nitrogens with zero attached hydrogens (tertiary/aromatic N) is 2. The van der Waals surface area contributed by atoms with Crippen molar-refractivity contribution in [2.75, 3.05) is 0 Å². The molecular weight excluding hydrogens is 264 g/mol. The summed E-state index contributed by atoms with van der Waals surface area (Å²) in [6.07, 6.45) is 5.43. The zero-order valence-electron chi connectivity index (χ0n) is 12.3. The van der Waals surface area contributed by atoms with Crippen LogP contribution < -0.4 is 0 Å². The van der Waals surface area contributed by atoms with Gasteiger partial charge in [-0.25, -0.2) is 0 Å². The van der Waals surface area contributed by atoms with Crippen LogP contribution in [0.1, 0.15) is 26.3 Å². The average molecular weight is 280 g/mol. The highest BCUT2D eigenvalue weighted by atomic mass is 16.5. The predicted molar refractivity (Wildman–Crippen MR) is 77.1 cm³/mol. The standard InChI is InChI=1S/C17H16N2O2/c1-12-9-13(2)17(21-11-19,14(3)16(12)20-10-18)15-7-5-4-6-8-15/h4-9,14H,1-3H3. The fourth-order valence-electron chi connectivity index (χ4n) is 3.05. The maximum atomic E-state index is 9.14. The van der Waals surface area contributed by atoms with E-state index in [1.807, 2.05) is 63.4 Å². The first-order valence-corrected chi connectivity index (χ1v) is 6.66. The lowest BCUT2D eigenvalue weighted by atomic mass is 9.72. The van der Waals surface area contributed by atoms with Gasteiger partial charge >= 0.3 is 0 Å². The molecule has 4 nitrogen and oxygen atoms in total. The molecule has 0 amide bonds. The molecule has 21 heavy (non-hydrogen) atoms. The largest absolute Gasteiger partial charge is 0.411 e. The maximum absolute atomic E-state index is 9.14. The molecule has 4 heteroatoms. The lowest BCUT2D eigenvalue weighted by Gasteiger charge is -2.40. The second kappa shape index (κ2) is 5.73. The topological polar surface area (TPSA) is 66.0 Å². The molecule has 0 aliphatic heterocycles. The number of allylic oxidation sites excluding steroid dienone is 2. The van der Waals surface area contributed by atoms with Crippen LogP contribution in [0.25, 0.3) is 0 Å². The van der Waals surface area contributed by atoms with Crippen molar-refractivity contribution in [3.05, 3.63) is 58.9 Å². The van der Waals surface area contributed by atoms with Crippen LogP contribution in [-0.2, 0) is 15.1 Å². The van der Waals surface area contributed by atoms with E-state index in [2.05, 4.69) is 0 Å². The zero-order valence-corrected chi connectivity index (χ0v) is 12.3. The van der Waals surface area contributed by atoms with E-state index in [4.69, 9.17) is 20.0 Å². The lowest BCUT2D eigenvalue weighted by molar-refractivity contribution is 0.0102. The fraction of sp³-hybridized carbons (Fsp3) is 0.294. The third-order valence-corrected chi connectivity index (χ3v) is 3.98. The summed E-state index contributed by atoms with van der Waals surface area (Å²) < 4.78 is 10.6. The van der Waals surface area contributed by atoms with Crippen molar-refractivity contribution in [1.29, 1.82) is 10.5 Å². The van der Waals surface area contributed by atoms with E-state index < -0.39 is 5.60 Å². The number of rotatable bonds is 3. The van der Waals surface area contributed by atoms with E-state index in [-0.39, 0.29) is 5.92 Å². The van der Waals surface area contributed by atoms with E-state index in [9.17, 15) is 0 Å². The first kappa shape index (κ1) is 14.7. The van der Waals surface area contributed by atoms with Crippen molar-refractivity contribution in [1.82, 2.24) is 0 Å². The summed E-state index contributed by atoms with van der Waals surface area (Å²) >= 11 is 0. The molecule has 0 N–H and O–H groups in total. The Morgan fingerprint density at radius 3 is 2.33 bits per heavy atom. The highest BCUT2D eigenvalue weighted by Gasteiger charge is 2.47. The number of nitriles is 2. The van der Waals surface area contributed by atoms with Crippen molar-refractivity contribution < 1.29 is 9.47 Å². The Labute approximate surface area is 124 Å². The Hall–Kier alpha value is -2.72. The Morgan fingerprint density at radius 1 is 1.10 bits per heavy atom. The summed E-state index contributed by atoms with van der Waals surface area (Å²) in [5.74, 6) is 0.242. The number of ether oxygens (including phenoxy) is 2. The molecule has 1 aromatic rings. The Balaban J connectivity index is 2.66. The minimum absolute atomic E-state index is 0.288. The molecular formula is C17H16N2O2. The molecule has 0 saturated heterocycles. The van der Waals surface area contributed by atoms with Crippen LogP contribution in [0.5, 0.6) is 0 Å². The molecule has 1 aliphatic rings. The van der Waals surface area contributed by atoms with Gasteiger partial charge in [-0.05, 0) is 25.0 Å². The first-order valence-electron chi connectivity index (χ1n) is 6.66. The average Bonchev–Trinajstić information content (AvgIpc) is 2.49. The van der Waals surface area contributed by atoms with E-state index in [0.29, 0.717) is 5.76 Å². The first-order chi connectivity index (χ1) is 10.1. The molecule has 106 valence electrons. The second-order valence-electron chi connectivity index (χ2n) is 5.08. The molecule has 1 aliphatic carbocycles. The van der Waals surface area contributed by atoms with Crippen LogP contribution in [0.2, 0.25) is 0 Å². The molecule has 0 bridgehead atoms. The smallest absolute Gasteiger partial charge is 0.291 e. The van der Waals surface area contributed by atoms with Gasteiger partial charge in [-0.15, -0.1) is 5.26 Å². The van der Waals surface area contributed by atoms with Gasteiger partial charge in [0, 0.05) is 5.56 Å². The van der Waals surface area contributed by atoms with Crippen LogP contribution in [0.15, 0.2) is 53.3 Å². The summed E-state index contributed by atoms with van der Waals surface area (Å²) in [7, 11) is 0. The van der Waals surface area contributed by atoms with Crippen LogP contribution in [-0.4, -0.2) is 0 Å². The fourth-order valence-corrected chi connectivity index (χ4v) is 3.05. The van der Waals surface area contributed by atoms with Gasteiger partial charge in [0.05, 0.1) is 5.92 Å². The van der Waals surface area contributed by atoms with Gasteiger partial charge in [0.2, 0.25) is 0 Å². The summed E-state index contributed by atoms with van der Waals surface area (Å²) in [5, 5.41) is 18.0. The normalized spacial score (nSPS) is 24.6. The van der Waals surface area contributed by atoms with Gasteiger partial charge in [0.25, 0.3) is 12.5 Å². The molecule has 1 aromatic carbocycles. The Bertz CT molecular complexity index is 677. The van der Waals surface area contributed by atoms with E-state index >= 15 is 0 Å².